The van der Waals surface area contributed by atoms with Gasteiger partial charge in [-0.2, -0.15) is 15.0 Å². The summed E-state index contributed by atoms with van der Waals surface area (Å²) >= 11 is 0. The molecular weight excluding hydrogens is 386 g/mol. The Morgan fingerprint density at radius 3 is 2.58 bits per heavy atom. The molecule has 1 N–H and O–H groups in total. The molecule has 4 aliphatic carbocycles. The van der Waals surface area contributed by atoms with Crippen LogP contribution in [0.15, 0.2) is 12.4 Å². The largest absolute Gasteiger partial charge is 0.387 e. The lowest BCUT2D eigenvalue weighted by molar-refractivity contribution is -0.129. The SMILES string of the molecule is CCOCC1(O)CCC2C(CCC3C2CCC2(C)C3CCC2[C@H](C)Cn2nccn2)C1. The summed E-state index contributed by atoms with van der Waals surface area (Å²) in [4.78, 5) is 1.89. The Morgan fingerprint density at radius 2 is 1.81 bits per heavy atom. The van der Waals surface area contributed by atoms with Gasteiger partial charge in [-0.25, -0.2) is 0 Å². The van der Waals surface area contributed by atoms with Crippen LogP contribution in [0.1, 0.15) is 78.6 Å². The number of fused-ring (bicyclic) bond motifs is 5. The summed E-state index contributed by atoms with van der Waals surface area (Å²) in [6, 6.07) is 0. The average molecular weight is 430 g/mol. The summed E-state index contributed by atoms with van der Waals surface area (Å²) in [5, 5.41) is 19.8. The van der Waals surface area contributed by atoms with Gasteiger partial charge in [0.2, 0.25) is 0 Å². The van der Waals surface area contributed by atoms with Crippen LogP contribution in [-0.4, -0.2) is 38.9 Å². The standard InChI is InChI=1S/C26H43N3O2/c1-4-31-17-26(30)12-10-20-19(15-26)5-6-22-21(20)9-11-25(3)23(7-8-24(22)25)18(2)16-29-27-13-14-28-29/h13-14,18-24,30H,4-12,15-17H2,1-3H3/t18-,19?,20?,21?,22?,23?,24?,25?,26?/m1/s1. The van der Waals surface area contributed by atoms with Crippen LogP contribution in [0.4, 0.5) is 0 Å². The molecule has 1 aromatic rings. The maximum absolute atomic E-state index is 11.1. The minimum Gasteiger partial charge on any atom is -0.387 e. The van der Waals surface area contributed by atoms with Crippen molar-refractivity contribution >= 4 is 0 Å². The zero-order valence-electron chi connectivity index (χ0n) is 19.9. The number of rotatable bonds is 6. The molecule has 0 aromatic carbocycles. The zero-order valence-corrected chi connectivity index (χ0v) is 19.9. The molecule has 4 fully saturated rings. The second-order valence-electron chi connectivity index (χ2n) is 11.8. The molecule has 8 unspecified atom stereocenters. The van der Waals surface area contributed by atoms with Gasteiger partial charge in [0.1, 0.15) is 0 Å². The molecule has 5 nitrogen and oxygen atoms in total. The monoisotopic (exact) mass is 429 g/mol. The highest BCUT2D eigenvalue weighted by Gasteiger charge is 2.58. The van der Waals surface area contributed by atoms with Gasteiger partial charge >= 0.3 is 0 Å². The van der Waals surface area contributed by atoms with Crippen molar-refractivity contribution in [2.75, 3.05) is 13.2 Å². The Bertz CT molecular complexity index is 739. The van der Waals surface area contributed by atoms with E-state index in [-0.39, 0.29) is 0 Å². The fourth-order valence-electron chi connectivity index (χ4n) is 9.08. The maximum Gasteiger partial charge on any atom is 0.0883 e. The van der Waals surface area contributed by atoms with Gasteiger partial charge in [-0.3, -0.25) is 0 Å². The first kappa shape index (κ1) is 21.9. The molecule has 0 bridgehead atoms. The summed E-state index contributed by atoms with van der Waals surface area (Å²) < 4.78 is 5.64. The van der Waals surface area contributed by atoms with Gasteiger partial charge in [0, 0.05) is 6.61 Å². The van der Waals surface area contributed by atoms with Crippen molar-refractivity contribution < 1.29 is 9.84 Å². The number of hydrogen-bond donors (Lipinski definition) is 1. The summed E-state index contributed by atoms with van der Waals surface area (Å²) in [6.07, 6.45) is 15.0. The lowest BCUT2D eigenvalue weighted by Gasteiger charge is -2.57. The summed E-state index contributed by atoms with van der Waals surface area (Å²) in [7, 11) is 0. The molecule has 0 amide bonds. The molecule has 4 aliphatic rings. The van der Waals surface area contributed by atoms with E-state index in [0.717, 1.165) is 49.0 Å². The normalized spacial score (nSPS) is 45.5. The predicted molar refractivity (Wildman–Crippen MR) is 121 cm³/mol. The molecule has 5 rings (SSSR count). The van der Waals surface area contributed by atoms with Gasteiger partial charge in [-0.05, 0) is 112 Å². The number of nitrogens with zero attached hydrogens (tertiary/aromatic N) is 3. The van der Waals surface area contributed by atoms with E-state index in [2.05, 4.69) is 24.0 Å². The quantitative estimate of drug-likeness (QED) is 0.695. The first-order valence-electron chi connectivity index (χ1n) is 13.1. The fourth-order valence-corrected chi connectivity index (χ4v) is 9.08. The van der Waals surface area contributed by atoms with Gasteiger partial charge in [-0.15, -0.1) is 0 Å². The lowest BCUT2D eigenvalue weighted by Crippen LogP contribution is -2.52. The number of aromatic nitrogens is 3. The third-order valence-electron chi connectivity index (χ3n) is 10.4. The molecule has 1 aromatic heterocycles. The van der Waals surface area contributed by atoms with Crippen LogP contribution in [0.25, 0.3) is 0 Å². The fraction of sp³-hybridized carbons (Fsp3) is 0.923. The summed E-state index contributed by atoms with van der Waals surface area (Å²) in [5.41, 5.74) is -0.0768. The minimum absolute atomic E-state index is 0.491. The zero-order chi connectivity index (χ0) is 21.6. The van der Waals surface area contributed by atoms with E-state index >= 15 is 0 Å². The number of ether oxygens (including phenoxy) is 1. The second-order valence-corrected chi connectivity index (χ2v) is 11.8. The molecular formula is C26H43N3O2. The van der Waals surface area contributed by atoms with Crippen molar-refractivity contribution in [2.45, 2.75) is 90.7 Å². The van der Waals surface area contributed by atoms with Crippen LogP contribution in [0.2, 0.25) is 0 Å². The molecule has 5 heteroatoms. The van der Waals surface area contributed by atoms with E-state index in [0.29, 0.717) is 30.5 Å². The third kappa shape index (κ3) is 3.88. The van der Waals surface area contributed by atoms with Crippen molar-refractivity contribution in [2.24, 2.45) is 46.8 Å². The maximum atomic E-state index is 11.1. The highest BCUT2D eigenvalue weighted by atomic mass is 16.5. The van der Waals surface area contributed by atoms with E-state index in [1.165, 1.54) is 44.9 Å². The van der Waals surface area contributed by atoms with Crippen molar-refractivity contribution in [1.82, 2.24) is 15.0 Å². The number of hydrogen-bond acceptors (Lipinski definition) is 4. The molecule has 4 saturated carbocycles. The van der Waals surface area contributed by atoms with Gasteiger partial charge in [0.15, 0.2) is 0 Å². The van der Waals surface area contributed by atoms with Crippen molar-refractivity contribution in [1.29, 1.82) is 0 Å². The van der Waals surface area contributed by atoms with E-state index in [9.17, 15) is 5.11 Å². The second kappa shape index (κ2) is 8.44. The molecule has 9 atom stereocenters. The van der Waals surface area contributed by atoms with Crippen LogP contribution in [-0.2, 0) is 11.3 Å². The van der Waals surface area contributed by atoms with Crippen molar-refractivity contribution in [3.63, 3.8) is 0 Å². The summed E-state index contributed by atoms with van der Waals surface area (Å²) in [5.74, 6) is 5.70. The van der Waals surface area contributed by atoms with E-state index < -0.39 is 5.60 Å². The smallest absolute Gasteiger partial charge is 0.0883 e. The molecule has 0 saturated heterocycles. The van der Waals surface area contributed by atoms with Crippen molar-refractivity contribution in [3.05, 3.63) is 12.4 Å². The highest BCUT2D eigenvalue weighted by Crippen LogP contribution is 2.65. The van der Waals surface area contributed by atoms with Gasteiger partial charge in [-0.1, -0.05) is 13.8 Å². The van der Waals surface area contributed by atoms with Crippen LogP contribution in [0.3, 0.4) is 0 Å². The molecule has 174 valence electrons. The summed E-state index contributed by atoms with van der Waals surface area (Å²) in [6.45, 7) is 9.29. The Balaban J connectivity index is 1.26. The van der Waals surface area contributed by atoms with Gasteiger partial charge in [0.25, 0.3) is 0 Å². The van der Waals surface area contributed by atoms with Crippen molar-refractivity contribution in [3.8, 4) is 0 Å². The van der Waals surface area contributed by atoms with Crippen LogP contribution < -0.4 is 0 Å². The Morgan fingerprint density at radius 1 is 1.03 bits per heavy atom. The van der Waals surface area contributed by atoms with Gasteiger partial charge in [0.05, 0.1) is 31.1 Å². The molecule has 0 radical (unpaired) electrons. The van der Waals surface area contributed by atoms with E-state index in [1.54, 1.807) is 12.4 Å². The van der Waals surface area contributed by atoms with E-state index in [1.807, 2.05) is 11.7 Å². The highest BCUT2D eigenvalue weighted by molar-refractivity contribution is 5.07. The molecule has 31 heavy (non-hydrogen) atoms. The Labute approximate surface area is 188 Å². The molecule has 0 spiro atoms. The lowest BCUT2D eigenvalue weighted by atomic mass is 9.48. The van der Waals surface area contributed by atoms with Gasteiger partial charge < -0.3 is 9.84 Å². The van der Waals surface area contributed by atoms with Crippen LogP contribution in [0.5, 0.6) is 0 Å². The van der Waals surface area contributed by atoms with E-state index in [4.69, 9.17) is 4.74 Å². The first-order valence-corrected chi connectivity index (χ1v) is 13.1. The Kier molecular flexibility index (Phi) is 5.96. The first-order chi connectivity index (χ1) is 14.9. The number of aliphatic hydroxyl groups is 1. The third-order valence-corrected chi connectivity index (χ3v) is 10.4. The molecule has 0 aliphatic heterocycles. The minimum atomic E-state index is -0.568. The van der Waals surface area contributed by atoms with Crippen LogP contribution >= 0.6 is 0 Å². The Hall–Kier alpha value is -0.940. The predicted octanol–water partition coefficient (Wildman–Crippen LogP) is 4.95. The average Bonchev–Trinajstić information content (AvgIpc) is 3.39. The topological polar surface area (TPSA) is 60.2 Å². The van der Waals surface area contributed by atoms with Crippen LogP contribution in [0, 0.1) is 46.8 Å². The molecule has 1 heterocycles.